The van der Waals surface area contributed by atoms with Crippen molar-refractivity contribution < 1.29 is 12.8 Å². The van der Waals surface area contributed by atoms with Crippen LogP contribution in [0.5, 0.6) is 0 Å². The molecule has 1 heterocycles. The van der Waals surface area contributed by atoms with E-state index in [1.165, 1.54) is 10.4 Å². The highest BCUT2D eigenvalue weighted by Gasteiger charge is 2.33. The van der Waals surface area contributed by atoms with Crippen LogP contribution in [0.3, 0.4) is 0 Å². The third-order valence-corrected chi connectivity index (χ3v) is 5.86. The molecular formula is C13H19ClFN3O2S. The summed E-state index contributed by atoms with van der Waals surface area (Å²) in [6, 6.07) is 2.44. The normalized spacial score (nSPS) is 20.9. The van der Waals surface area contributed by atoms with Gasteiger partial charge in [0.1, 0.15) is 4.90 Å². The van der Waals surface area contributed by atoms with E-state index in [4.69, 9.17) is 17.3 Å². The Balaban J connectivity index is 2.38. The number of piperidine rings is 1. The van der Waals surface area contributed by atoms with Crippen LogP contribution in [0.4, 0.5) is 10.1 Å². The number of benzene rings is 1. The van der Waals surface area contributed by atoms with E-state index in [2.05, 4.69) is 0 Å². The number of hydrogen-bond acceptors (Lipinski definition) is 4. The highest BCUT2D eigenvalue weighted by atomic mass is 35.5. The number of halogens is 2. The van der Waals surface area contributed by atoms with Gasteiger partial charge >= 0.3 is 0 Å². The number of likely N-dealkylation sites (N-methyl/N-ethyl adjacent to an activating group) is 1. The van der Waals surface area contributed by atoms with Gasteiger partial charge < -0.3 is 10.6 Å². The summed E-state index contributed by atoms with van der Waals surface area (Å²) in [6.07, 6.45) is 1.65. The lowest BCUT2D eigenvalue weighted by Gasteiger charge is -2.35. The summed E-state index contributed by atoms with van der Waals surface area (Å²) in [5, 5.41) is -0.283. The summed E-state index contributed by atoms with van der Waals surface area (Å²) in [4.78, 5) is 1.52. The van der Waals surface area contributed by atoms with Gasteiger partial charge in [-0.05, 0) is 39.1 Å². The van der Waals surface area contributed by atoms with Crippen LogP contribution in [0, 0.1) is 5.82 Å². The van der Waals surface area contributed by atoms with E-state index >= 15 is 0 Å². The van der Waals surface area contributed by atoms with E-state index in [9.17, 15) is 12.8 Å². The van der Waals surface area contributed by atoms with Crippen LogP contribution >= 0.6 is 11.6 Å². The molecule has 1 aromatic rings. The molecule has 0 spiro atoms. The Hall–Kier alpha value is -0.890. The Morgan fingerprint density at radius 2 is 2.10 bits per heavy atom. The molecule has 0 saturated carbocycles. The van der Waals surface area contributed by atoms with E-state index in [0.29, 0.717) is 13.1 Å². The molecule has 1 aromatic carbocycles. The third kappa shape index (κ3) is 3.31. The summed E-state index contributed by atoms with van der Waals surface area (Å²) >= 11 is 5.70. The Kier molecular flexibility index (Phi) is 4.77. The number of rotatable bonds is 3. The number of anilines is 1. The Morgan fingerprint density at radius 3 is 2.71 bits per heavy atom. The maximum Gasteiger partial charge on any atom is 0.246 e. The van der Waals surface area contributed by atoms with Gasteiger partial charge in [0.25, 0.3) is 0 Å². The second kappa shape index (κ2) is 6.08. The van der Waals surface area contributed by atoms with Crippen molar-refractivity contribution in [3.63, 3.8) is 0 Å². The average Bonchev–Trinajstić information content (AvgIpc) is 2.42. The quantitative estimate of drug-likeness (QED) is 0.855. The lowest BCUT2D eigenvalue weighted by atomic mass is 10.1. The largest absolute Gasteiger partial charge is 0.399 e. The van der Waals surface area contributed by atoms with Crippen molar-refractivity contribution >= 4 is 27.3 Å². The van der Waals surface area contributed by atoms with Gasteiger partial charge in [0, 0.05) is 24.8 Å². The van der Waals surface area contributed by atoms with Gasteiger partial charge in [-0.25, -0.2) is 12.8 Å². The van der Waals surface area contributed by atoms with Gasteiger partial charge in [0.05, 0.1) is 5.02 Å². The van der Waals surface area contributed by atoms with E-state index < -0.39 is 20.7 Å². The number of nitrogen functional groups attached to an aromatic ring is 1. The molecule has 1 aliphatic rings. The van der Waals surface area contributed by atoms with Crippen molar-refractivity contribution in [3.8, 4) is 0 Å². The fraction of sp³-hybridized carbons (Fsp3) is 0.538. The molecule has 2 N–H and O–H groups in total. The first-order valence-electron chi connectivity index (χ1n) is 6.64. The van der Waals surface area contributed by atoms with Gasteiger partial charge in [-0.3, -0.25) is 0 Å². The SMILES string of the molecule is CN(C)C1CCCN(S(=O)(=O)c2cc(N)cc(Cl)c2F)C1. The first kappa shape index (κ1) is 16.5. The number of nitrogens with two attached hydrogens (primary N) is 1. The summed E-state index contributed by atoms with van der Waals surface area (Å²) in [6.45, 7) is 0.708. The third-order valence-electron chi connectivity index (χ3n) is 3.72. The zero-order chi connectivity index (χ0) is 15.8. The molecule has 0 aromatic heterocycles. The van der Waals surface area contributed by atoms with Gasteiger partial charge in [0.2, 0.25) is 10.0 Å². The van der Waals surface area contributed by atoms with E-state index in [1.54, 1.807) is 0 Å². The molecular weight excluding hydrogens is 317 g/mol. The van der Waals surface area contributed by atoms with E-state index in [-0.39, 0.29) is 16.8 Å². The molecule has 118 valence electrons. The van der Waals surface area contributed by atoms with Crippen LogP contribution in [0.2, 0.25) is 5.02 Å². The molecule has 1 fully saturated rings. The van der Waals surface area contributed by atoms with Crippen molar-refractivity contribution in [1.82, 2.24) is 9.21 Å². The molecule has 2 rings (SSSR count). The van der Waals surface area contributed by atoms with Crippen molar-refractivity contribution in [1.29, 1.82) is 0 Å². The molecule has 21 heavy (non-hydrogen) atoms. The summed E-state index contributed by atoms with van der Waals surface area (Å²) < 4.78 is 40.7. The minimum absolute atomic E-state index is 0.119. The standard InChI is InChI=1S/C13H19ClFN3O2S/c1-17(2)10-4-3-5-18(8-10)21(19,20)12-7-9(16)6-11(14)13(12)15/h6-7,10H,3-5,8,16H2,1-2H3. The molecule has 5 nitrogen and oxygen atoms in total. The zero-order valence-electron chi connectivity index (χ0n) is 12.0. The van der Waals surface area contributed by atoms with Crippen LogP contribution in [-0.2, 0) is 10.0 Å². The van der Waals surface area contributed by atoms with Crippen LogP contribution < -0.4 is 5.73 Å². The first-order chi connectivity index (χ1) is 9.73. The Labute approximate surface area is 129 Å². The second-order valence-corrected chi connectivity index (χ2v) is 7.75. The molecule has 1 atom stereocenters. The maximum absolute atomic E-state index is 14.1. The maximum atomic E-state index is 14.1. The van der Waals surface area contributed by atoms with Crippen molar-refractivity contribution in [2.24, 2.45) is 0 Å². The van der Waals surface area contributed by atoms with Crippen LogP contribution in [0.15, 0.2) is 17.0 Å². The minimum atomic E-state index is -3.94. The minimum Gasteiger partial charge on any atom is -0.399 e. The predicted octanol–water partition coefficient (Wildman–Crippen LogP) is 1.78. The van der Waals surface area contributed by atoms with Gasteiger partial charge in [-0.2, -0.15) is 4.31 Å². The summed E-state index contributed by atoms with van der Waals surface area (Å²) in [5.74, 6) is -0.946. The monoisotopic (exact) mass is 335 g/mol. The van der Waals surface area contributed by atoms with E-state index in [0.717, 1.165) is 18.9 Å². The summed E-state index contributed by atoms with van der Waals surface area (Å²) in [7, 11) is -0.134. The molecule has 0 bridgehead atoms. The lowest BCUT2D eigenvalue weighted by molar-refractivity contribution is 0.190. The zero-order valence-corrected chi connectivity index (χ0v) is 13.6. The number of nitrogens with zero attached hydrogens (tertiary/aromatic N) is 2. The molecule has 1 aliphatic heterocycles. The average molecular weight is 336 g/mol. The molecule has 0 amide bonds. The second-order valence-electron chi connectivity index (χ2n) is 5.44. The van der Waals surface area contributed by atoms with Crippen molar-refractivity contribution in [3.05, 3.63) is 23.0 Å². The smallest absolute Gasteiger partial charge is 0.246 e. The van der Waals surface area contributed by atoms with Crippen molar-refractivity contribution in [2.75, 3.05) is 32.9 Å². The topological polar surface area (TPSA) is 66.6 Å². The number of sulfonamides is 1. The lowest BCUT2D eigenvalue weighted by Crippen LogP contribution is -2.47. The van der Waals surface area contributed by atoms with Crippen LogP contribution in [-0.4, -0.2) is 50.8 Å². The van der Waals surface area contributed by atoms with Gasteiger partial charge in [0.15, 0.2) is 5.82 Å². The fourth-order valence-electron chi connectivity index (χ4n) is 2.47. The van der Waals surface area contributed by atoms with E-state index in [1.807, 2.05) is 19.0 Å². The fourth-order valence-corrected chi connectivity index (χ4v) is 4.39. The van der Waals surface area contributed by atoms with Gasteiger partial charge in [-0.15, -0.1) is 0 Å². The van der Waals surface area contributed by atoms with Crippen molar-refractivity contribution in [2.45, 2.75) is 23.8 Å². The Bertz CT molecular complexity index is 637. The number of hydrogen-bond donors (Lipinski definition) is 1. The molecule has 1 unspecified atom stereocenters. The summed E-state index contributed by atoms with van der Waals surface area (Å²) in [5.41, 5.74) is 5.71. The highest BCUT2D eigenvalue weighted by molar-refractivity contribution is 7.89. The Morgan fingerprint density at radius 1 is 1.43 bits per heavy atom. The van der Waals surface area contributed by atoms with Gasteiger partial charge in [-0.1, -0.05) is 11.6 Å². The molecule has 0 radical (unpaired) electrons. The molecule has 1 saturated heterocycles. The molecule has 8 heteroatoms. The highest BCUT2D eigenvalue weighted by Crippen LogP contribution is 2.29. The predicted molar refractivity (Wildman–Crippen MR) is 81.3 cm³/mol. The molecule has 0 aliphatic carbocycles. The van der Waals surface area contributed by atoms with Crippen LogP contribution in [0.1, 0.15) is 12.8 Å². The first-order valence-corrected chi connectivity index (χ1v) is 8.46. The van der Waals surface area contributed by atoms with Crippen LogP contribution in [0.25, 0.3) is 0 Å².